The smallest absolute Gasteiger partial charge is 0.216 e. The minimum atomic E-state index is -0.356. The molecule has 1 fully saturated rings. The fourth-order valence-electron chi connectivity index (χ4n) is 3.67. The van der Waals surface area contributed by atoms with Crippen LogP contribution in [0.3, 0.4) is 0 Å². The molecule has 0 aliphatic carbocycles. The number of quaternary nitrogens is 1. The molecule has 2 aliphatic rings. The summed E-state index contributed by atoms with van der Waals surface area (Å²) in [4.78, 5) is 3.94. The van der Waals surface area contributed by atoms with Crippen molar-refractivity contribution in [2.75, 3.05) is 27.3 Å². The van der Waals surface area contributed by atoms with Gasteiger partial charge in [0.05, 0.1) is 25.7 Å². The molecular weight excluding hydrogens is 427 g/mol. The molecule has 5 heteroatoms. The topological polar surface area (TPSA) is 31.4 Å². The van der Waals surface area contributed by atoms with Crippen LogP contribution in [0, 0.1) is 17.8 Å². The van der Waals surface area contributed by atoms with E-state index in [0.29, 0.717) is 19.1 Å². The normalized spacial score (nSPS) is 22.1. The molecule has 3 unspecified atom stereocenters. The number of pyridine rings is 1. The molecule has 1 saturated heterocycles. The monoisotopic (exact) mass is 479 g/mol. The number of nitrogens with zero attached hydrogens (tertiary/aromatic N) is 2. The number of rotatable bonds is 3. The van der Waals surface area contributed by atoms with Crippen molar-refractivity contribution >= 4 is 0 Å². The van der Waals surface area contributed by atoms with Crippen molar-refractivity contribution in [2.45, 2.75) is 119 Å². The number of aromatic nitrogens is 1. The van der Waals surface area contributed by atoms with Crippen molar-refractivity contribution in [2.24, 2.45) is 0 Å². The van der Waals surface area contributed by atoms with Crippen molar-refractivity contribution in [1.82, 2.24) is 4.98 Å². The van der Waals surface area contributed by atoms with Gasteiger partial charge in [0, 0.05) is 30.4 Å². The van der Waals surface area contributed by atoms with Crippen LogP contribution in [-0.4, -0.2) is 49.1 Å². The molecule has 0 aromatic carbocycles. The Morgan fingerprint density at radius 3 is 2.26 bits per heavy atom. The first kappa shape index (κ1) is 32.5. The Balaban J connectivity index is 0.00000105. The fourth-order valence-corrected chi connectivity index (χ4v) is 3.67. The summed E-state index contributed by atoms with van der Waals surface area (Å²) in [5, 5.41) is 0. The maximum Gasteiger partial charge on any atom is 0.216 e. The van der Waals surface area contributed by atoms with Gasteiger partial charge >= 0.3 is 0 Å². The van der Waals surface area contributed by atoms with E-state index < -0.39 is 0 Å². The minimum Gasteiger partial charge on any atom is -0.353 e. The van der Waals surface area contributed by atoms with Gasteiger partial charge in [0.2, 0.25) is 5.95 Å². The molecular formula is C29H52FN2O2+. The van der Waals surface area contributed by atoms with Gasteiger partial charge < -0.3 is 14.0 Å². The molecule has 196 valence electrons. The third-order valence-electron chi connectivity index (χ3n) is 6.43. The van der Waals surface area contributed by atoms with Gasteiger partial charge in [0.1, 0.15) is 12.6 Å². The van der Waals surface area contributed by atoms with E-state index in [0.717, 1.165) is 47.0 Å². The third-order valence-corrected chi connectivity index (χ3v) is 6.43. The summed E-state index contributed by atoms with van der Waals surface area (Å²) in [6, 6.07) is 0.511. The van der Waals surface area contributed by atoms with Crippen LogP contribution < -0.4 is 0 Å². The predicted molar refractivity (Wildman–Crippen MR) is 142 cm³/mol. The number of unbranched alkanes of at least 4 members (excludes halogenated alkanes) is 1. The van der Waals surface area contributed by atoms with Crippen molar-refractivity contribution in [3.8, 4) is 11.8 Å². The Labute approximate surface area is 210 Å². The van der Waals surface area contributed by atoms with E-state index >= 15 is 0 Å². The number of hydrogen-bond donors (Lipinski definition) is 0. The lowest BCUT2D eigenvalue weighted by Gasteiger charge is -2.46. The highest BCUT2D eigenvalue weighted by molar-refractivity contribution is 5.46. The first-order chi connectivity index (χ1) is 16.2. The van der Waals surface area contributed by atoms with Gasteiger partial charge in [-0.3, -0.25) is 0 Å². The quantitative estimate of drug-likeness (QED) is 0.256. The first-order valence-electron chi connectivity index (χ1n) is 13.5. The molecule has 0 radical (unpaired) electrons. The number of halogens is 1. The van der Waals surface area contributed by atoms with E-state index in [1.54, 1.807) is 6.20 Å². The number of ether oxygens (including phenoxy) is 2. The molecule has 0 amide bonds. The lowest BCUT2D eigenvalue weighted by Crippen LogP contribution is -2.53. The molecule has 1 aromatic heterocycles. The molecule has 3 heterocycles. The standard InChI is InChI=1S/C20H28FN2O2.C4H10.C3H8.C2H6/c1-14-12-17-19(15(2)23(14,3)4)16(13-22-20(17)21)8-7-11-25-18-9-5-6-10-24-18;1-3-4-2;1-3-2;1-2/h13-15,18H,5-6,9-12H2,1-4H3;3-4H2,1-2H3;3H2,1-2H3;1-2H3/q+1;;;. The summed E-state index contributed by atoms with van der Waals surface area (Å²) in [5.74, 6) is 5.85. The van der Waals surface area contributed by atoms with Crippen molar-refractivity contribution < 1.29 is 18.3 Å². The molecule has 4 nitrogen and oxygen atoms in total. The van der Waals surface area contributed by atoms with Crippen LogP contribution in [0.5, 0.6) is 0 Å². The molecule has 0 bridgehead atoms. The largest absolute Gasteiger partial charge is 0.353 e. The average molecular weight is 480 g/mol. The van der Waals surface area contributed by atoms with Gasteiger partial charge in [-0.25, -0.2) is 4.98 Å². The minimum absolute atomic E-state index is 0.140. The summed E-state index contributed by atoms with van der Waals surface area (Å²) < 4.78 is 26.3. The molecule has 34 heavy (non-hydrogen) atoms. The lowest BCUT2D eigenvalue weighted by atomic mass is 9.86. The Hall–Kier alpha value is -1.48. The van der Waals surface area contributed by atoms with Crippen LogP contribution in [0.4, 0.5) is 4.39 Å². The van der Waals surface area contributed by atoms with Gasteiger partial charge in [-0.2, -0.15) is 4.39 Å². The van der Waals surface area contributed by atoms with E-state index in [-0.39, 0.29) is 18.3 Å². The predicted octanol–water partition coefficient (Wildman–Crippen LogP) is 7.45. The summed E-state index contributed by atoms with van der Waals surface area (Å²) in [6.45, 7) is 18.0. The number of hydrogen-bond acceptors (Lipinski definition) is 3. The summed E-state index contributed by atoms with van der Waals surface area (Å²) >= 11 is 0. The Morgan fingerprint density at radius 2 is 1.74 bits per heavy atom. The van der Waals surface area contributed by atoms with E-state index in [1.807, 2.05) is 13.8 Å². The number of likely N-dealkylation sites (N-methyl/N-ethyl adjacent to an activating group) is 1. The molecule has 1 aromatic rings. The van der Waals surface area contributed by atoms with Crippen LogP contribution in [0.25, 0.3) is 0 Å². The maximum atomic E-state index is 14.3. The van der Waals surface area contributed by atoms with Crippen molar-refractivity contribution in [3.05, 3.63) is 28.8 Å². The van der Waals surface area contributed by atoms with Gasteiger partial charge in [0.25, 0.3) is 0 Å². The van der Waals surface area contributed by atoms with Crippen LogP contribution in [-0.2, 0) is 15.9 Å². The zero-order valence-corrected chi connectivity index (χ0v) is 23.8. The summed E-state index contributed by atoms with van der Waals surface area (Å²) in [6.07, 6.45) is 9.16. The first-order valence-corrected chi connectivity index (χ1v) is 13.5. The van der Waals surface area contributed by atoms with Gasteiger partial charge in [0.15, 0.2) is 6.29 Å². The molecule has 0 spiro atoms. The van der Waals surface area contributed by atoms with Crippen LogP contribution in [0.15, 0.2) is 6.20 Å². The van der Waals surface area contributed by atoms with Gasteiger partial charge in [-0.05, 0) is 33.1 Å². The van der Waals surface area contributed by atoms with E-state index in [2.05, 4.69) is 72.5 Å². The molecule has 2 aliphatic heterocycles. The zero-order chi connectivity index (χ0) is 26.1. The second-order valence-electron chi connectivity index (χ2n) is 9.33. The highest BCUT2D eigenvalue weighted by Crippen LogP contribution is 2.38. The SMILES string of the molecule is CC.CC1Cc2c(F)ncc(C#CCOC3CCCCO3)c2C(C)[N+]1(C)C.CCC.CCCC. The Bertz CT molecular complexity index is 732. The van der Waals surface area contributed by atoms with Crippen molar-refractivity contribution in [3.63, 3.8) is 0 Å². The molecule has 0 N–H and O–H groups in total. The van der Waals surface area contributed by atoms with Crippen LogP contribution in [0.2, 0.25) is 0 Å². The number of fused-ring (bicyclic) bond motifs is 1. The van der Waals surface area contributed by atoms with E-state index in [9.17, 15) is 4.39 Å². The maximum absolute atomic E-state index is 14.3. The Morgan fingerprint density at radius 1 is 1.12 bits per heavy atom. The third kappa shape index (κ3) is 10.0. The Kier molecular flexibility index (Phi) is 17.1. The summed E-state index contributed by atoms with van der Waals surface area (Å²) in [7, 11) is 4.38. The van der Waals surface area contributed by atoms with Crippen LogP contribution >= 0.6 is 0 Å². The average Bonchev–Trinajstić information content (AvgIpc) is 2.85. The van der Waals surface area contributed by atoms with Crippen molar-refractivity contribution in [1.29, 1.82) is 0 Å². The second kappa shape index (κ2) is 17.9. The highest BCUT2D eigenvalue weighted by Gasteiger charge is 2.40. The summed E-state index contributed by atoms with van der Waals surface area (Å²) in [5.41, 5.74) is 2.54. The molecule has 3 rings (SSSR count). The second-order valence-corrected chi connectivity index (χ2v) is 9.33. The van der Waals surface area contributed by atoms with E-state index in [4.69, 9.17) is 9.47 Å². The highest BCUT2D eigenvalue weighted by atomic mass is 19.1. The molecule has 3 atom stereocenters. The zero-order valence-electron chi connectivity index (χ0n) is 23.8. The molecule has 0 saturated carbocycles. The van der Waals surface area contributed by atoms with Crippen LogP contribution in [0.1, 0.15) is 117 Å². The van der Waals surface area contributed by atoms with Gasteiger partial charge in [-0.1, -0.05) is 72.6 Å². The van der Waals surface area contributed by atoms with E-state index in [1.165, 1.54) is 19.3 Å². The lowest BCUT2D eigenvalue weighted by molar-refractivity contribution is -0.943. The fraction of sp³-hybridized carbons (Fsp3) is 0.759. The van der Waals surface area contributed by atoms with Gasteiger partial charge in [-0.15, -0.1) is 0 Å².